The van der Waals surface area contributed by atoms with Crippen molar-refractivity contribution in [3.05, 3.63) is 57.3 Å². The Hall–Kier alpha value is -2.93. The molecule has 3 aromatic rings. The predicted octanol–water partition coefficient (Wildman–Crippen LogP) is 2.64. The van der Waals surface area contributed by atoms with Crippen LogP contribution in [0.4, 0.5) is 5.69 Å². The molecule has 0 unspecified atom stereocenters. The molecule has 3 rings (SSSR count). The van der Waals surface area contributed by atoms with Gasteiger partial charge in [-0.2, -0.15) is 0 Å². The number of nitrogens with zero attached hydrogens (tertiary/aromatic N) is 2. The Morgan fingerprint density at radius 3 is 2.52 bits per heavy atom. The molecule has 0 aliphatic heterocycles. The number of hydrogen-bond acceptors (Lipinski definition) is 5. The highest BCUT2D eigenvalue weighted by Crippen LogP contribution is 2.30. The van der Waals surface area contributed by atoms with E-state index in [0.29, 0.717) is 17.0 Å². The molecule has 0 saturated heterocycles. The van der Waals surface area contributed by atoms with Crippen molar-refractivity contribution < 1.29 is 4.79 Å². The maximum absolute atomic E-state index is 11.8. The van der Waals surface area contributed by atoms with Gasteiger partial charge in [-0.25, -0.2) is 4.98 Å². The number of aromatic amines is 1. The molecule has 25 heavy (non-hydrogen) atoms. The lowest BCUT2D eigenvalue weighted by atomic mass is 10.1. The Balaban J connectivity index is 2.00. The number of carbonyl (C=O) groups excluding carboxylic acids is 1. The van der Waals surface area contributed by atoms with Crippen molar-refractivity contribution >= 4 is 22.9 Å². The van der Waals surface area contributed by atoms with Gasteiger partial charge in [0.05, 0.1) is 5.69 Å². The summed E-state index contributed by atoms with van der Waals surface area (Å²) in [5, 5.41) is 2.77. The molecule has 128 valence electrons. The predicted molar refractivity (Wildman–Crippen MR) is 101 cm³/mol. The first-order chi connectivity index (χ1) is 11.9. The van der Waals surface area contributed by atoms with Crippen LogP contribution in [0.25, 0.3) is 21.8 Å². The van der Waals surface area contributed by atoms with Crippen LogP contribution < -0.4 is 16.2 Å². The maximum Gasteiger partial charge on any atom is 0.261 e. The lowest BCUT2D eigenvalue weighted by Gasteiger charge is -2.12. The number of hydrogen-bond donors (Lipinski definition) is 2. The minimum atomic E-state index is -0.753. The molecular formula is C18H18N4O2S. The fourth-order valence-electron chi connectivity index (χ4n) is 2.50. The van der Waals surface area contributed by atoms with Crippen LogP contribution in [0, 0.1) is 6.92 Å². The first-order valence-corrected chi connectivity index (χ1v) is 8.52. The molecule has 0 bridgehead atoms. The number of nitrogens with two attached hydrogens (primary N) is 1. The molecule has 2 aromatic heterocycles. The number of aryl methyl sites for hydroxylation is 1. The fourth-order valence-corrected chi connectivity index (χ4v) is 3.33. The van der Waals surface area contributed by atoms with Gasteiger partial charge in [0.25, 0.3) is 11.5 Å². The van der Waals surface area contributed by atoms with Crippen molar-refractivity contribution in [2.45, 2.75) is 6.92 Å². The Labute approximate surface area is 149 Å². The molecule has 0 saturated carbocycles. The van der Waals surface area contributed by atoms with Crippen LogP contribution in [0.15, 0.2) is 40.5 Å². The first-order valence-electron chi connectivity index (χ1n) is 7.64. The number of thiazole rings is 1. The van der Waals surface area contributed by atoms with Crippen LogP contribution in [0.5, 0.6) is 0 Å². The third-order valence-electron chi connectivity index (χ3n) is 3.91. The van der Waals surface area contributed by atoms with E-state index in [9.17, 15) is 9.59 Å². The van der Waals surface area contributed by atoms with Crippen LogP contribution in [0.3, 0.4) is 0 Å². The quantitative estimate of drug-likeness (QED) is 0.753. The zero-order valence-corrected chi connectivity index (χ0v) is 15.0. The minimum absolute atomic E-state index is 0.0644. The normalized spacial score (nSPS) is 10.7. The van der Waals surface area contributed by atoms with E-state index in [0.717, 1.165) is 16.3 Å². The highest BCUT2D eigenvalue weighted by molar-refractivity contribution is 7.13. The van der Waals surface area contributed by atoms with E-state index in [-0.39, 0.29) is 5.56 Å². The second-order valence-corrected chi connectivity index (χ2v) is 6.75. The molecule has 1 aromatic carbocycles. The van der Waals surface area contributed by atoms with Crippen LogP contribution >= 0.6 is 11.3 Å². The van der Waals surface area contributed by atoms with Gasteiger partial charge in [-0.15, -0.1) is 11.3 Å². The topological polar surface area (TPSA) is 92.1 Å². The van der Waals surface area contributed by atoms with Gasteiger partial charge in [-0.05, 0) is 37.3 Å². The van der Waals surface area contributed by atoms with Gasteiger partial charge in [0, 0.05) is 42.0 Å². The molecule has 1 amide bonds. The number of primary amides is 1. The Bertz CT molecular complexity index is 987. The Morgan fingerprint density at radius 1 is 1.24 bits per heavy atom. The van der Waals surface area contributed by atoms with E-state index in [1.165, 1.54) is 17.4 Å². The van der Waals surface area contributed by atoms with Crippen molar-refractivity contribution in [1.82, 2.24) is 9.97 Å². The van der Waals surface area contributed by atoms with Crippen LogP contribution in [0.2, 0.25) is 0 Å². The zero-order chi connectivity index (χ0) is 18.1. The number of carbonyl (C=O) groups is 1. The number of H-pyrrole nitrogens is 1. The first kappa shape index (κ1) is 16.9. The number of pyridine rings is 1. The van der Waals surface area contributed by atoms with Crippen molar-refractivity contribution in [1.29, 1.82) is 0 Å². The van der Waals surface area contributed by atoms with E-state index in [2.05, 4.69) is 9.97 Å². The van der Waals surface area contributed by atoms with E-state index in [1.807, 2.05) is 48.6 Å². The van der Waals surface area contributed by atoms with Gasteiger partial charge >= 0.3 is 0 Å². The number of aromatic nitrogens is 2. The van der Waals surface area contributed by atoms with Gasteiger partial charge in [-0.3, -0.25) is 9.59 Å². The van der Waals surface area contributed by atoms with Gasteiger partial charge in [0.15, 0.2) is 0 Å². The number of rotatable bonds is 4. The summed E-state index contributed by atoms with van der Waals surface area (Å²) in [5.74, 6) is -0.753. The highest BCUT2D eigenvalue weighted by atomic mass is 32.1. The van der Waals surface area contributed by atoms with Gasteiger partial charge < -0.3 is 15.6 Å². The second-order valence-electron chi connectivity index (χ2n) is 5.89. The lowest BCUT2D eigenvalue weighted by Crippen LogP contribution is -2.24. The summed E-state index contributed by atoms with van der Waals surface area (Å²) >= 11 is 1.51. The average molecular weight is 354 g/mol. The number of benzene rings is 1. The molecule has 6 nitrogen and oxygen atoms in total. The third kappa shape index (κ3) is 3.32. The Morgan fingerprint density at radius 2 is 1.92 bits per heavy atom. The molecule has 0 aliphatic carbocycles. The lowest BCUT2D eigenvalue weighted by molar-refractivity contribution is 0.0999. The molecule has 0 spiro atoms. The average Bonchev–Trinajstić information content (AvgIpc) is 3.04. The van der Waals surface area contributed by atoms with Crippen molar-refractivity contribution in [3.8, 4) is 21.8 Å². The molecule has 0 atom stereocenters. The monoisotopic (exact) mass is 354 g/mol. The zero-order valence-electron chi connectivity index (χ0n) is 14.2. The van der Waals surface area contributed by atoms with Gasteiger partial charge in [0.2, 0.25) is 0 Å². The van der Waals surface area contributed by atoms with E-state index < -0.39 is 11.5 Å². The van der Waals surface area contributed by atoms with Gasteiger partial charge in [0.1, 0.15) is 10.6 Å². The maximum atomic E-state index is 11.8. The minimum Gasteiger partial charge on any atom is -0.378 e. The van der Waals surface area contributed by atoms with E-state index in [1.54, 1.807) is 6.92 Å². The number of nitrogens with one attached hydrogen (secondary N) is 1. The summed E-state index contributed by atoms with van der Waals surface area (Å²) in [6, 6.07) is 9.61. The molecule has 2 heterocycles. The van der Waals surface area contributed by atoms with Crippen LogP contribution in [-0.2, 0) is 0 Å². The number of amides is 1. The SMILES string of the molecule is Cc1[nH]c(=O)c(C(N)=O)cc1-c1csc(-c2ccc(N(C)C)cc2)n1. The van der Waals surface area contributed by atoms with E-state index >= 15 is 0 Å². The van der Waals surface area contributed by atoms with Crippen LogP contribution in [0.1, 0.15) is 16.1 Å². The van der Waals surface area contributed by atoms with Gasteiger partial charge in [-0.1, -0.05) is 0 Å². The van der Waals surface area contributed by atoms with Crippen LogP contribution in [-0.4, -0.2) is 30.0 Å². The molecule has 0 aliphatic rings. The molecule has 3 N–H and O–H groups in total. The summed E-state index contributed by atoms with van der Waals surface area (Å²) in [7, 11) is 3.98. The van der Waals surface area contributed by atoms with Crippen molar-refractivity contribution in [3.63, 3.8) is 0 Å². The summed E-state index contributed by atoms with van der Waals surface area (Å²) < 4.78 is 0. The molecule has 7 heteroatoms. The summed E-state index contributed by atoms with van der Waals surface area (Å²) in [6.45, 7) is 1.77. The fraction of sp³-hybridized carbons (Fsp3) is 0.167. The largest absolute Gasteiger partial charge is 0.378 e. The standard InChI is InChI=1S/C18H18N4O2S/c1-10-13(8-14(16(19)23)17(24)20-10)15-9-25-18(21-15)11-4-6-12(7-5-11)22(2)3/h4-9H,1-3H3,(H2,19,23)(H,20,24). The Kier molecular flexibility index (Phi) is 4.41. The molecular weight excluding hydrogens is 336 g/mol. The molecule has 0 radical (unpaired) electrons. The van der Waals surface area contributed by atoms with E-state index in [4.69, 9.17) is 5.73 Å². The summed E-state index contributed by atoms with van der Waals surface area (Å²) in [4.78, 5) is 32.6. The summed E-state index contributed by atoms with van der Waals surface area (Å²) in [5.41, 5.74) is 8.89. The van der Waals surface area contributed by atoms with Crippen molar-refractivity contribution in [2.24, 2.45) is 5.73 Å². The highest BCUT2D eigenvalue weighted by Gasteiger charge is 2.14. The summed E-state index contributed by atoms with van der Waals surface area (Å²) in [6.07, 6.45) is 0. The third-order valence-corrected chi connectivity index (χ3v) is 4.81. The second kappa shape index (κ2) is 6.52. The number of anilines is 1. The van der Waals surface area contributed by atoms with Crippen molar-refractivity contribution in [2.75, 3.05) is 19.0 Å². The smallest absolute Gasteiger partial charge is 0.261 e. The molecule has 0 fully saturated rings.